The smallest absolute Gasteiger partial charge is 0.269 e. The zero-order valence-electron chi connectivity index (χ0n) is 16.7. The Bertz CT molecular complexity index is 1360. The van der Waals surface area contributed by atoms with E-state index in [1.165, 1.54) is 35.3 Å². The average Bonchev–Trinajstić information content (AvgIpc) is 3.45. The summed E-state index contributed by atoms with van der Waals surface area (Å²) in [5.41, 5.74) is 0.696. The van der Waals surface area contributed by atoms with Crippen LogP contribution >= 0.6 is 11.3 Å². The van der Waals surface area contributed by atoms with Gasteiger partial charge >= 0.3 is 0 Å². The molecule has 1 amide bonds. The molecule has 10 nitrogen and oxygen atoms in total. The molecule has 3 aromatic heterocycles. The van der Waals surface area contributed by atoms with Crippen LogP contribution in [0.5, 0.6) is 0 Å². The van der Waals surface area contributed by atoms with Crippen LogP contribution in [0.4, 0.5) is 5.69 Å². The van der Waals surface area contributed by atoms with Gasteiger partial charge in [-0.25, -0.2) is 9.67 Å². The third-order valence-corrected chi connectivity index (χ3v) is 5.50. The highest BCUT2D eigenvalue weighted by Gasteiger charge is 2.12. The summed E-state index contributed by atoms with van der Waals surface area (Å²) in [5, 5.41) is 20.2. The van der Waals surface area contributed by atoms with Crippen molar-refractivity contribution in [2.45, 2.75) is 13.1 Å². The van der Waals surface area contributed by atoms with Crippen molar-refractivity contribution in [2.24, 2.45) is 0 Å². The number of amides is 1. The van der Waals surface area contributed by atoms with Crippen LogP contribution in [0.3, 0.4) is 0 Å². The second-order valence-corrected chi connectivity index (χ2v) is 7.83. The van der Waals surface area contributed by atoms with Crippen LogP contribution in [0.15, 0.2) is 65.2 Å². The van der Waals surface area contributed by atoms with Crippen molar-refractivity contribution in [1.82, 2.24) is 24.6 Å². The first-order valence-electron chi connectivity index (χ1n) is 9.65. The van der Waals surface area contributed by atoms with Gasteiger partial charge in [-0.15, -0.1) is 11.3 Å². The van der Waals surface area contributed by atoms with Crippen molar-refractivity contribution in [3.63, 3.8) is 0 Å². The fraction of sp³-hybridized carbons (Fsp3) is 0.143. The minimum atomic E-state index is -0.478. The minimum absolute atomic E-state index is 0.0373. The molecule has 0 spiro atoms. The van der Waals surface area contributed by atoms with E-state index >= 15 is 0 Å². The van der Waals surface area contributed by atoms with Gasteiger partial charge < -0.3 is 5.32 Å². The quantitative estimate of drug-likeness (QED) is 0.250. The molecule has 0 fully saturated rings. The molecule has 3 heterocycles. The summed E-state index contributed by atoms with van der Waals surface area (Å²) in [4.78, 5) is 40.5. The molecular formula is C21H18N6O4S. The number of rotatable bonds is 8. The molecule has 0 aliphatic heterocycles. The van der Waals surface area contributed by atoms with Crippen LogP contribution in [0.25, 0.3) is 17.1 Å². The van der Waals surface area contributed by atoms with Gasteiger partial charge in [0.25, 0.3) is 11.2 Å². The maximum absolute atomic E-state index is 12.8. The van der Waals surface area contributed by atoms with Crippen LogP contribution in [-0.4, -0.2) is 36.7 Å². The van der Waals surface area contributed by atoms with Crippen molar-refractivity contribution in [3.05, 3.63) is 91.3 Å². The molecule has 1 aromatic carbocycles. The number of carbonyl (C=O) groups excluding carboxylic acids is 1. The number of non-ortho nitro benzene ring substituents is 1. The summed E-state index contributed by atoms with van der Waals surface area (Å²) in [5.74, 6) is -0.220. The zero-order chi connectivity index (χ0) is 22.5. The number of nitro groups is 1. The normalized spacial score (nSPS) is 11.2. The first-order chi connectivity index (χ1) is 15.5. The highest BCUT2D eigenvalue weighted by Crippen LogP contribution is 2.14. The molecule has 32 heavy (non-hydrogen) atoms. The summed E-state index contributed by atoms with van der Waals surface area (Å²) < 4.78 is 2.93. The highest BCUT2D eigenvalue weighted by molar-refractivity contribution is 7.10. The Balaban J connectivity index is 1.42. The lowest BCUT2D eigenvalue weighted by molar-refractivity contribution is -0.384. The summed E-state index contributed by atoms with van der Waals surface area (Å²) >= 11 is 1.54. The molecule has 11 heteroatoms. The number of carbonyl (C=O) groups is 1. The molecule has 0 atom stereocenters. The van der Waals surface area contributed by atoms with E-state index in [1.807, 2.05) is 17.5 Å². The fourth-order valence-electron chi connectivity index (χ4n) is 3.13. The Labute approximate surface area is 185 Å². The van der Waals surface area contributed by atoms with Gasteiger partial charge in [-0.3, -0.25) is 24.3 Å². The van der Waals surface area contributed by atoms with Crippen LogP contribution < -0.4 is 10.9 Å². The molecule has 0 aliphatic carbocycles. The molecule has 0 saturated heterocycles. The van der Waals surface area contributed by atoms with Gasteiger partial charge in [0.1, 0.15) is 11.7 Å². The van der Waals surface area contributed by atoms with Crippen LogP contribution in [0.1, 0.15) is 10.4 Å². The van der Waals surface area contributed by atoms with Crippen molar-refractivity contribution in [3.8, 4) is 0 Å². The molecule has 0 radical (unpaired) electrons. The van der Waals surface area contributed by atoms with Crippen molar-refractivity contribution in [2.75, 3.05) is 6.54 Å². The molecule has 0 saturated carbocycles. The maximum Gasteiger partial charge on any atom is 0.269 e. The van der Waals surface area contributed by atoms with Crippen molar-refractivity contribution >= 4 is 40.0 Å². The van der Waals surface area contributed by atoms with Crippen molar-refractivity contribution < 1.29 is 9.72 Å². The number of nitro benzene ring substituents is 1. The van der Waals surface area contributed by atoms with Gasteiger partial charge in [-0.2, -0.15) is 5.10 Å². The van der Waals surface area contributed by atoms with E-state index in [2.05, 4.69) is 15.4 Å². The molecule has 162 valence electrons. The minimum Gasteiger partial charge on any atom is -0.351 e. The largest absolute Gasteiger partial charge is 0.351 e. The monoisotopic (exact) mass is 450 g/mol. The van der Waals surface area contributed by atoms with Gasteiger partial charge in [0.2, 0.25) is 5.91 Å². The Hall–Kier alpha value is -4.12. The van der Waals surface area contributed by atoms with Crippen LogP contribution in [-0.2, 0) is 17.9 Å². The lowest BCUT2D eigenvalue weighted by Gasteiger charge is -2.07. The topological polar surface area (TPSA) is 125 Å². The second kappa shape index (κ2) is 9.35. The summed E-state index contributed by atoms with van der Waals surface area (Å²) in [6, 6.07) is 9.94. The standard InChI is InChI=1S/C21H18N6O4S/c28-19(7-6-17-5-2-10-32-17)22-8-9-26-20-18(12-24-26)21(29)25(14-23-20)13-15-3-1-4-16(11-15)27(30)31/h1-7,10-12,14H,8-9,13H2,(H,22,28)/b7-6+. The number of thiophene rings is 1. The first-order valence-corrected chi connectivity index (χ1v) is 10.5. The number of hydrogen-bond acceptors (Lipinski definition) is 7. The molecule has 4 rings (SSSR count). The predicted molar refractivity (Wildman–Crippen MR) is 120 cm³/mol. The molecule has 0 unspecified atom stereocenters. The van der Waals surface area contributed by atoms with E-state index in [1.54, 1.807) is 34.2 Å². The van der Waals surface area contributed by atoms with E-state index in [0.29, 0.717) is 29.7 Å². The molecule has 0 aliphatic rings. The number of benzene rings is 1. The molecule has 0 bridgehead atoms. The van der Waals surface area contributed by atoms with E-state index < -0.39 is 4.92 Å². The number of nitrogens with zero attached hydrogens (tertiary/aromatic N) is 5. The van der Waals surface area contributed by atoms with Gasteiger partial charge in [-0.05, 0) is 23.1 Å². The number of nitrogens with one attached hydrogen (secondary N) is 1. The van der Waals surface area contributed by atoms with Crippen molar-refractivity contribution in [1.29, 1.82) is 0 Å². The third-order valence-electron chi connectivity index (χ3n) is 4.66. The fourth-order valence-corrected chi connectivity index (χ4v) is 3.74. The number of fused-ring (bicyclic) bond motifs is 1. The number of hydrogen-bond donors (Lipinski definition) is 1. The average molecular weight is 450 g/mol. The molecule has 1 N–H and O–H groups in total. The Morgan fingerprint density at radius 3 is 2.94 bits per heavy atom. The van der Waals surface area contributed by atoms with E-state index in [0.717, 1.165) is 4.88 Å². The molecular weight excluding hydrogens is 432 g/mol. The lowest BCUT2D eigenvalue weighted by Crippen LogP contribution is -2.26. The maximum atomic E-state index is 12.8. The van der Waals surface area contributed by atoms with Crippen LogP contribution in [0.2, 0.25) is 0 Å². The van der Waals surface area contributed by atoms with Gasteiger partial charge in [0.05, 0.1) is 24.2 Å². The Morgan fingerprint density at radius 1 is 1.28 bits per heavy atom. The second-order valence-electron chi connectivity index (χ2n) is 6.85. The lowest BCUT2D eigenvalue weighted by atomic mass is 10.2. The first kappa shape index (κ1) is 21.1. The van der Waals surface area contributed by atoms with Gasteiger partial charge in [0.15, 0.2) is 5.65 Å². The Kier molecular flexibility index (Phi) is 6.17. The molecule has 4 aromatic rings. The van der Waals surface area contributed by atoms with Gasteiger partial charge in [0, 0.05) is 29.6 Å². The SMILES string of the molecule is O=C(/C=C/c1cccs1)NCCn1ncc2c(=O)n(Cc3cccc([N+](=O)[O-])c3)cnc21. The third kappa shape index (κ3) is 4.78. The summed E-state index contributed by atoms with van der Waals surface area (Å²) in [6.45, 7) is 0.827. The Morgan fingerprint density at radius 2 is 2.16 bits per heavy atom. The van der Waals surface area contributed by atoms with E-state index in [4.69, 9.17) is 0 Å². The summed E-state index contributed by atoms with van der Waals surface area (Å²) in [6.07, 6.45) is 6.05. The highest BCUT2D eigenvalue weighted by atomic mass is 32.1. The zero-order valence-corrected chi connectivity index (χ0v) is 17.6. The predicted octanol–water partition coefficient (Wildman–Crippen LogP) is 2.44. The van der Waals surface area contributed by atoms with Crippen LogP contribution in [0, 0.1) is 10.1 Å². The summed E-state index contributed by atoms with van der Waals surface area (Å²) in [7, 11) is 0. The van der Waals surface area contributed by atoms with E-state index in [-0.39, 0.29) is 23.7 Å². The van der Waals surface area contributed by atoms with Gasteiger partial charge in [-0.1, -0.05) is 18.2 Å². The number of aromatic nitrogens is 4. The van der Waals surface area contributed by atoms with E-state index in [9.17, 15) is 19.7 Å².